The summed E-state index contributed by atoms with van der Waals surface area (Å²) in [7, 11) is 2.98. The van der Waals surface area contributed by atoms with Gasteiger partial charge in [0.2, 0.25) is 0 Å². The number of benzene rings is 3. The molecule has 3 aromatic carbocycles. The Morgan fingerprint density at radius 1 is 0.867 bits per heavy atom. The summed E-state index contributed by atoms with van der Waals surface area (Å²) >= 11 is 1.60. The monoisotopic (exact) mass is 421 g/mol. The number of hydrogen-bond acceptors (Lipinski definition) is 6. The molecular formula is C23H19NO5S. The maximum Gasteiger partial charge on any atom is 0.342 e. The van der Waals surface area contributed by atoms with Gasteiger partial charge >= 0.3 is 5.97 Å². The highest BCUT2D eigenvalue weighted by Gasteiger charge is 2.28. The third kappa shape index (κ3) is 3.71. The van der Waals surface area contributed by atoms with Crippen molar-refractivity contribution < 1.29 is 23.8 Å². The number of hydrogen-bond donors (Lipinski definition) is 0. The van der Waals surface area contributed by atoms with Gasteiger partial charge in [0.05, 0.1) is 25.6 Å². The quantitative estimate of drug-likeness (QED) is 0.557. The van der Waals surface area contributed by atoms with Crippen molar-refractivity contribution in [2.24, 2.45) is 0 Å². The average Bonchev–Trinajstić information content (AvgIpc) is 2.80. The van der Waals surface area contributed by atoms with E-state index in [1.54, 1.807) is 34.9 Å². The summed E-state index contributed by atoms with van der Waals surface area (Å²) in [4.78, 5) is 29.2. The lowest BCUT2D eigenvalue weighted by atomic mass is 10.2. The van der Waals surface area contributed by atoms with Crippen molar-refractivity contribution in [2.45, 2.75) is 9.79 Å². The molecule has 1 amide bonds. The topological polar surface area (TPSA) is 65.1 Å². The Bertz CT molecular complexity index is 1070. The number of ether oxygens (including phenoxy) is 3. The molecule has 0 unspecified atom stereocenters. The molecule has 1 aliphatic heterocycles. The van der Waals surface area contributed by atoms with Crippen LogP contribution in [0.5, 0.6) is 11.5 Å². The van der Waals surface area contributed by atoms with Gasteiger partial charge in [-0.3, -0.25) is 9.69 Å². The van der Waals surface area contributed by atoms with Crippen molar-refractivity contribution in [3.05, 3.63) is 72.3 Å². The molecule has 0 N–H and O–H groups in total. The van der Waals surface area contributed by atoms with E-state index in [4.69, 9.17) is 14.2 Å². The van der Waals surface area contributed by atoms with Crippen LogP contribution in [0.25, 0.3) is 0 Å². The number of anilines is 2. The minimum atomic E-state index is -0.643. The molecule has 7 heteroatoms. The summed E-state index contributed by atoms with van der Waals surface area (Å²) < 4.78 is 15.7. The predicted octanol–water partition coefficient (Wildman–Crippen LogP) is 4.69. The lowest BCUT2D eigenvalue weighted by Gasteiger charge is -2.30. The Labute approximate surface area is 178 Å². The van der Waals surface area contributed by atoms with Crippen molar-refractivity contribution in [3.8, 4) is 11.5 Å². The maximum atomic E-state index is 13.1. The zero-order valence-corrected chi connectivity index (χ0v) is 17.3. The number of carbonyl (C=O) groups is 2. The Kier molecular flexibility index (Phi) is 5.63. The smallest absolute Gasteiger partial charge is 0.342 e. The molecule has 0 saturated heterocycles. The van der Waals surface area contributed by atoms with Crippen molar-refractivity contribution in [1.82, 2.24) is 0 Å². The summed E-state index contributed by atoms with van der Waals surface area (Å²) in [5, 5.41) is 0. The minimum absolute atomic E-state index is 0.223. The van der Waals surface area contributed by atoms with Crippen LogP contribution >= 0.6 is 11.8 Å². The third-order valence-corrected chi connectivity index (χ3v) is 5.77. The molecule has 0 aromatic heterocycles. The van der Waals surface area contributed by atoms with Gasteiger partial charge in [0, 0.05) is 15.9 Å². The fourth-order valence-electron chi connectivity index (χ4n) is 3.21. The van der Waals surface area contributed by atoms with Gasteiger partial charge in [-0.1, -0.05) is 36.0 Å². The van der Waals surface area contributed by atoms with Gasteiger partial charge in [-0.15, -0.1) is 0 Å². The molecule has 1 heterocycles. The standard InChI is InChI=1S/C23H19NO5S/c1-27-15-11-12-16(19(13-15)28-2)23(26)29-14-22(25)24-17-7-3-5-9-20(17)30-21-10-6-4-8-18(21)24/h3-13H,14H2,1-2H3. The molecule has 6 nitrogen and oxygen atoms in total. The first-order valence-corrected chi connectivity index (χ1v) is 10.0. The fourth-order valence-corrected chi connectivity index (χ4v) is 4.27. The molecular weight excluding hydrogens is 402 g/mol. The van der Waals surface area contributed by atoms with Gasteiger partial charge in [0.15, 0.2) is 6.61 Å². The summed E-state index contributed by atoms with van der Waals surface area (Å²) in [6.45, 7) is -0.401. The number of esters is 1. The number of amides is 1. The number of fused-ring (bicyclic) bond motifs is 2. The van der Waals surface area contributed by atoms with E-state index in [2.05, 4.69) is 0 Å². The Morgan fingerprint density at radius 2 is 1.50 bits per heavy atom. The highest BCUT2D eigenvalue weighted by Crippen LogP contribution is 2.47. The van der Waals surface area contributed by atoms with Gasteiger partial charge in [-0.25, -0.2) is 4.79 Å². The van der Waals surface area contributed by atoms with Crippen LogP contribution in [0.2, 0.25) is 0 Å². The molecule has 0 saturated carbocycles. The molecule has 3 aromatic rings. The van der Waals surface area contributed by atoms with E-state index in [1.165, 1.54) is 14.2 Å². The van der Waals surface area contributed by atoms with Crippen molar-refractivity contribution in [1.29, 1.82) is 0 Å². The largest absolute Gasteiger partial charge is 0.497 e. The van der Waals surface area contributed by atoms with Crippen LogP contribution < -0.4 is 14.4 Å². The number of nitrogens with zero attached hydrogens (tertiary/aromatic N) is 1. The van der Waals surface area contributed by atoms with Gasteiger partial charge in [0.1, 0.15) is 17.1 Å². The fraction of sp³-hybridized carbons (Fsp3) is 0.130. The first kappa shape index (κ1) is 19.8. The Balaban J connectivity index is 1.56. The van der Waals surface area contributed by atoms with Gasteiger partial charge in [-0.05, 0) is 36.4 Å². The Hall–Kier alpha value is -3.45. The summed E-state index contributed by atoms with van der Waals surface area (Å²) in [6.07, 6.45) is 0. The molecule has 0 radical (unpaired) electrons. The maximum absolute atomic E-state index is 13.1. The van der Waals surface area contributed by atoms with E-state index in [0.29, 0.717) is 11.5 Å². The van der Waals surface area contributed by atoms with Gasteiger partial charge < -0.3 is 14.2 Å². The molecule has 0 atom stereocenters. The first-order valence-electron chi connectivity index (χ1n) is 9.20. The molecule has 0 fully saturated rings. The average molecular weight is 421 g/mol. The number of methoxy groups -OCH3 is 2. The lowest BCUT2D eigenvalue weighted by molar-refractivity contribution is -0.121. The van der Waals surface area contributed by atoms with Crippen LogP contribution in [0.1, 0.15) is 10.4 Å². The van der Waals surface area contributed by atoms with E-state index in [0.717, 1.165) is 21.2 Å². The second kappa shape index (κ2) is 8.51. The molecule has 0 aliphatic carbocycles. The first-order chi connectivity index (χ1) is 14.6. The zero-order valence-electron chi connectivity index (χ0n) is 16.5. The van der Waals surface area contributed by atoms with Gasteiger partial charge in [-0.2, -0.15) is 0 Å². The van der Waals surface area contributed by atoms with Crippen LogP contribution in [-0.2, 0) is 9.53 Å². The highest BCUT2D eigenvalue weighted by molar-refractivity contribution is 7.99. The van der Waals surface area contributed by atoms with Crippen LogP contribution in [-0.4, -0.2) is 32.7 Å². The van der Waals surface area contributed by atoms with E-state index < -0.39 is 12.6 Å². The van der Waals surface area contributed by atoms with E-state index in [-0.39, 0.29) is 11.5 Å². The van der Waals surface area contributed by atoms with E-state index in [1.807, 2.05) is 48.5 Å². The summed E-state index contributed by atoms with van der Waals surface area (Å²) in [5.41, 5.74) is 1.76. The third-order valence-electron chi connectivity index (χ3n) is 4.64. The molecule has 0 bridgehead atoms. The molecule has 4 rings (SSSR count). The van der Waals surface area contributed by atoms with Crippen molar-refractivity contribution in [3.63, 3.8) is 0 Å². The van der Waals surface area contributed by atoms with Crippen LogP contribution in [0.3, 0.4) is 0 Å². The molecule has 30 heavy (non-hydrogen) atoms. The molecule has 1 aliphatic rings. The van der Waals surface area contributed by atoms with E-state index in [9.17, 15) is 9.59 Å². The zero-order chi connectivity index (χ0) is 21.1. The summed E-state index contributed by atoms with van der Waals surface area (Å²) in [6, 6.07) is 20.1. The summed E-state index contributed by atoms with van der Waals surface area (Å²) in [5.74, 6) is -0.109. The minimum Gasteiger partial charge on any atom is -0.497 e. The second-order valence-electron chi connectivity index (χ2n) is 6.41. The van der Waals surface area contributed by atoms with Crippen molar-refractivity contribution >= 4 is 35.0 Å². The van der Waals surface area contributed by atoms with Crippen LogP contribution in [0, 0.1) is 0 Å². The molecule has 0 spiro atoms. The van der Waals surface area contributed by atoms with Gasteiger partial charge in [0.25, 0.3) is 5.91 Å². The SMILES string of the molecule is COc1ccc(C(=O)OCC(=O)N2c3ccccc3Sc3ccccc32)c(OC)c1. The van der Waals surface area contributed by atoms with Crippen LogP contribution in [0.4, 0.5) is 11.4 Å². The lowest BCUT2D eigenvalue weighted by Crippen LogP contribution is -2.32. The number of para-hydroxylation sites is 2. The van der Waals surface area contributed by atoms with Crippen molar-refractivity contribution in [2.75, 3.05) is 25.7 Å². The second-order valence-corrected chi connectivity index (χ2v) is 7.49. The highest BCUT2D eigenvalue weighted by atomic mass is 32.2. The predicted molar refractivity (Wildman–Crippen MR) is 114 cm³/mol. The number of carbonyl (C=O) groups excluding carboxylic acids is 2. The normalized spacial score (nSPS) is 11.9. The number of rotatable bonds is 5. The van der Waals surface area contributed by atoms with Crippen LogP contribution in [0.15, 0.2) is 76.5 Å². The molecule has 152 valence electrons. The van der Waals surface area contributed by atoms with E-state index >= 15 is 0 Å². The Morgan fingerprint density at radius 3 is 2.10 bits per heavy atom.